The number of nitrogens with zero attached hydrogens (tertiary/aromatic N) is 1. The molecule has 0 atom stereocenters. The standard InChI is InChI=1S/C14H23FN2O3S/c1-3-8-17(4-2)9-7-16-21(19,20)13-5-6-14(15)12(10-13)11-18/h5-6,10,16,18H,3-4,7-9,11H2,1-2H3. The summed E-state index contributed by atoms with van der Waals surface area (Å²) in [7, 11) is -3.68. The van der Waals surface area contributed by atoms with Crippen LogP contribution in [0.4, 0.5) is 4.39 Å². The van der Waals surface area contributed by atoms with Gasteiger partial charge < -0.3 is 10.0 Å². The van der Waals surface area contributed by atoms with Gasteiger partial charge in [0.15, 0.2) is 0 Å². The Labute approximate surface area is 125 Å². The van der Waals surface area contributed by atoms with Gasteiger partial charge in [0.2, 0.25) is 10.0 Å². The molecule has 5 nitrogen and oxygen atoms in total. The molecule has 0 bridgehead atoms. The lowest BCUT2D eigenvalue weighted by Crippen LogP contribution is -2.35. The molecule has 0 radical (unpaired) electrons. The molecule has 21 heavy (non-hydrogen) atoms. The highest BCUT2D eigenvalue weighted by atomic mass is 32.2. The van der Waals surface area contributed by atoms with Crippen LogP contribution in [-0.4, -0.2) is 44.6 Å². The third-order valence-corrected chi connectivity index (χ3v) is 4.66. The van der Waals surface area contributed by atoms with Crippen molar-refractivity contribution in [2.45, 2.75) is 31.8 Å². The first-order valence-electron chi connectivity index (χ1n) is 7.05. The summed E-state index contributed by atoms with van der Waals surface area (Å²) in [4.78, 5) is 2.11. The van der Waals surface area contributed by atoms with E-state index in [1.807, 2.05) is 6.92 Å². The van der Waals surface area contributed by atoms with Gasteiger partial charge in [0, 0.05) is 18.7 Å². The maximum absolute atomic E-state index is 13.3. The van der Waals surface area contributed by atoms with Gasteiger partial charge in [-0.25, -0.2) is 17.5 Å². The Morgan fingerprint density at radius 1 is 1.29 bits per heavy atom. The molecule has 0 amide bonds. The van der Waals surface area contributed by atoms with Gasteiger partial charge in [-0.3, -0.25) is 0 Å². The summed E-state index contributed by atoms with van der Waals surface area (Å²) in [6.45, 7) is 6.26. The SMILES string of the molecule is CCCN(CC)CCNS(=O)(=O)c1ccc(F)c(CO)c1. The second kappa shape index (κ2) is 8.43. The topological polar surface area (TPSA) is 69.6 Å². The molecule has 0 saturated heterocycles. The Morgan fingerprint density at radius 3 is 2.57 bits per heavy atom. The molecular weight excluding hydrogens is 295 g/mol. The number of aliphatic hydroxyl groups is 1. The van der Waals surface area contributed by atoms with Crippen LogP contribution in [0.2, 0.25) is 0 Å². The van der Waals surface area contributed by atoms with Gasteiger partial charge in [-0.1, -0.05) is 13.8 Å². The predicted octanol–water partition coefficient (Wildman–Crippen LogP) is 1.33. The van der Waals surface area contributed by atoms with Crippen molar-refractivity contribution < 1.29 is 17.9 Å². The number of hydrogen-bond donors (Lipinski definition) is 2. The zero-order valence-electron chi connectivity index (χ0n) is 12.5. The van der Waals surface area contributed by atoms with Crippen LogP contribution in [0.1, 0.15) is 25.8 Å². The molecule has 1 rings (SSSR count). The van der Waals surface area contributed by atoms with Crippen LogP contribution in [0.25, 0.3) is 0 Å². The van der Waals surface area contributed by atoms with Gasteiger partial charge in [-0.05, 0) is 37.7 Å². The largest absolute Gasteiger partial charge is 0.392 e. The molecule has 0 aliphatic rings. The van der Waals surface area contributed by atoms with Crippen molar-refractivity contribution in [3.05, 3.63) is 29.6 Å². The summed E-state index contributed by atoms with van der Waals surface area (Å²) in [5.74, 6) is -0.614. The number of rotatable bonds is 9. The van der Waals surface area contributed by atoms with Crippen LogP contribution in [0, 0.1) is 5.82 Å². The molecule has 120 valence electrons. The summed E-state index contributed by atoms with van der Waals surface area (Å²) in [6.07, 6.45) is 1.01. The van der Waals surface area contributed by atoms with E-state index in [4.69, 9.17) is 5.11 Å². The van der Waals surface area contributed by atoms with Gasteiger partial charge in [-0.2, -0.15) is 0 Å². The van der Waals surface area contributed by atoms with Crippen LogP contribution in [0.3, 0.4) is 0 Å². The Kier molecular flexibility index (Phi) is 7.24. The number of aliphatic hydroxyl groups excluding tert-OH is 1. The Bertz CT molecular complexity index is 549. The quantitative estimate of drug-likeness (QED) is 0.721. The molecule has 2 N–H and O–H groups in total. The predicted molar refractivity (Wildman–Crippen MR) is 79.9 cm³/mol. The lowest BCUT2D eigenvalue weighted by Gasteiger charge is -2.19. The van der Waals surface area contributed by atoms with E-state index >= 15 is 0 Å². The molecule has 0 heterocycles. The van der Waals surface area contributed by atoms with E-state index < -0.39 is 22.4 Å². The highest BCUT2D eigenvalue weighted by molar-refractivity contribution is 7.89. The molecular formula is C14H23FN2O3S. The van der Waals surface area contributed by atoms with E-state index in [2.05, 4.69) is 16.5 Å². The Balaban J connectivity index is 2.69. The van der Waals surface area contributed by atoms with Crippen LogP contribution in [0.5, 0.6) is 0 Å². The summed E-state index contributed by atoms with van der Waals surface area (Å²) in [5, 5.41) is 8.99. The van der Waals surface area contributed by atoms with Crippen LogP contribution < -0.4 is 4.72 Å². The molecule has 0 spiro atoms. The second-order valence-electron chi connectivity index (χ2n) is 4.74. The fraction of sp³-hybridized carbons (Fsp3) is 0.571. The highest BCUT2D eigenvalue weighted by Gasteiger charge is 2.16. The Morgan fingerprint density at radius 2 is 2.00 bits per heavy atom. The number of hydrogen-bond acceptors (Lipinski definition) is 4. The molecule has 0 aliphatic heterocycles. The molecule has 0 fully saturated rings. The molecule has 0 aromatic heterocycles. The first kappa shape index (κ1) is 18.0. The van der Waals surface area contributed by atoms with Crippen molar-refractivity contribution in [3.63, 3.8) is 0 Å². The molecule has 7 heteroatoms. The van der Waals surface area contributed by atoms with E-state index in [1.165, 1.54) is 6.07 Å². The highest BCUT2D eigenvalue weighted by Crippen LogP contribution is 2.15. The summed E-state index contributed by atoms with van der Waals surface area (Å²) >= 11 is 0. The Hall–Kier alpha value is -1.02. The zero-order chi connectivity index (χ0) is 15.9. The fourth-order valence-corrected chi connectivity index (χ4v) is 3.08. The van der Waals surface area contributed by atoms with Gasteiger partial charge >= 0.3 is 0 Å². The minimum atomic E-state index is -3.68. The van der Waals surface area contributed by atoms with Crippen molar-refractivity contribution in [1.29, 1.82) is 0 Å². The summed E-state index contributed by atoms with van der Waals surface area (Å²) in [6, 6.07) is 3.40. The van der Waals surface area contributed by atoms with Crippen molar-refractivity contribution in [1.82, 2.24) is 9.62 Å². The van der Waals surface area contributed by atoms with E-state index in [0.717, 1.165) is 31.6 Å². The normalized spacial score (nSPS) is 12.0. The molecule has 1 aromatic carbocycles. The van der Waals surface area contributed by atoms with Crippen molar-refractivity contribution in [2.24, 2.45) is 0 Å². The van der Waals surface area contributed by atoms with E-state index in [0.29, 0.717) is 13.1 Å². The smallest absolute Gasteiger partial charge is 0.240 e. The molecule has 0 saturated carbocycles. The lowest BCUT2D eigenvalue weighted by molar-refractivity contribution is 0.275. The second-order valence-corrected chi connectivity index (χ2v) is 6.51. The lowest BCUT2D eigenvalue weighted by atomic mass is 10.2. The average Bonchev–Trinajstić information content (AvgIpc) is 2.46. The van der Waals surface area contributed by atoms with Gasteiger partial charge in [0.1, 0.15) is 5.82 Å². The monoisotopic (exact) mass is 318 g/mol. The van der Waals surface area contributed by atoms with Crippen molar-refractivity contribution in [2.75, 3.05) is 26.2 Å². The third-order valence-electron chi connectivity index (χ3n) is 3.20. The van der Waals surface area contributed by atoms with Crippen molar-refractivity contribution >= 4 is 10.0 Å². The number of benzene rings is 1. The van der Waals surface area contributed by atoms with Gasteiger partial charge in [-0.15, -0.1) is 0 Å². The van der Waals surface area contributed by atoms with Gasteiger partial charge in [0.25, 0.3) is 0 Å². The number of sulfonamides is 1. The van der Waals surface area contributed by atoms with E-state index in [9.17, 15) is 12.8 Å². The van der Waals surface area contributed by atoms with Crippen LogP contribution in [-0.2, 0) is 16.6 Å². The molecule has 0 unspecified atom stereocenters. The van der Waals surface area contributed by atoms with E-state index in [-0.39, 0.29) is 10.5 Å². The number of halogens is 1. The number of likely N-dealkylation sites (N-methyl/N-ethyl adjacent to an activating group) is 1. The minimum absolute atomic E-state index is 0.0287. The zero-order valence-corrected chi connectivity index (χ0v) is 13.3. The maximum atomic E-state index is 13.3. The van der Waals surface area contributed by atoms with E-state index in [1.54, 1.807) is 0 Å². The first-order valence-corrected chi connectivity index (χ1v) is 8.54. The third kappa shape index (κ3) is 5.35. The maximum Gasteiger partial charge on any atom is 0.240 e. The number of nitrogens with one attached hydrogen (secondary N) is 1. The summed E-state index contributed by atoms with van der Waals surface area (Å²) < 4.78 is 40.0. The first-order chi connectivity index (χ1) is 9.94. The van der Waals surface area contributed by atoms with Crippen molar-refractivity contribution in [3.8, 4) is 0 Å². The molecule has 1 aromatic rings. The summed E-state index contributed by atoms with van der Waals surface area (Å²) in [5.41, 5.74) is -0.0287. The molecule has 0 aliphatic carbocycles. The average molecular weight is 318 g/mol. The van der Waals surface area contributed by atoms with Gasteiger partial charge in [0.05, 0.1) is 11.5 Å². The fourth-order valence-electron chi connectivity index (χ4n) is 2.01. The van der Waals surface area contributed by atoms with Crippen LogP contribution in [0.15, 0.2) is 23.1 Å². The van der Waals surface area contributed by atoms with Crippen LogP contribution >= 0.6 is 0 Å². The minimum Gasteiger partial charge on any atom is -0.392 e.